The number of halogens is 1. The molecule has 2 rings (SSSR count). The zero-order valence-electron chi connectivity index (χ0n) is 12.5. The molecule has 1 aliphatic heterocycles. The van der Waals surface area contributed by atoms with E-state index in [1.165, 1.54) is 24.3 Å². The number of hydrogen-bond acceptors (Lipinski definition) is 4. The molecule has 1 amide bonds. The summed E-state index contributed by atoms with van der Waals surface area (Å²) < 4.78 is 26.9. The van der Waals surface area contributed by atoms with Crippen molar-refractivity contribution in [1.82, 2.24) is 14.9 Å². The van der Waals surface area contributed by atoms with Crippen molar-refractivity contribution in [3.63, 3.8) is 0 Å². The molecule has 0 aromatic heterocycles. The Kier molecular flexibility index (Phi) is 5.44. The predicted molar refractivity (Wildman–Crippen MR) is 85.3 cm³/mol. The van der Waals surface area contributed by atoms with Crippen LogP contribution in [0.25, 0.3) is 0 Å². The maximum atomic E-state index is 12.3. The number of carbonyl (C=O) groups is 1. The van der Waals surface area contributed by atoms with Crippen LogP contribution in [0.1, 0.15) is 13.3 Å². The minimum absolute atomic E-state index is 0.0849. The quantitative estimate of drug-likeness (QED) is 0.828. The number of benzene rings is 1. The van der Waals surface area contributed by atoms with Gasteiger partial charge in [-0.25, -0.2) is 8.42 Å². The largest absolute Gasteiger partial charge is 0.340 e. The maximum absolute atomic E-state index is 12.3. The lowest BCUT2D eigenvalue weighted by atomic mass is 10.2. The average molecular weight is 346 g/mol. The molecule has 1 saturated heterocycles. The normalized spacial score (nSPS) is 19.9. The highest BCUT2D eigenvalue weighted by Crippen LogP contribution is 2.15. The Balaban J connectivity index is 2.04. The first-order valence-electron chi connectivity index (χ1n) is 7.06. The first kappa shape index (κ1) is 17.2. The number of likely N-dealkylation sites (N-methyl/N-ethyl adjacent to an activating group) is 1. The van der Waals surface area contributed by atoms with Gasteiger partial charge in [0.05, 0.1) is 10.9 Å². The van der Waals surface area contributed by atoms with E-state index in [9.17, 15) is 13.2 Å². The summed E-state index contributed by atoms with van der Waals surface area (Å²) in [6.07, 6.45) is 0.874. The van der Waals surface area contributed by atoms with Crippen LogP contribution in [0.5, 0.6) is 0 Å². The highest BCUT2D eigenvalue weighted by molar-refractivity contribution is 7.89. The molecule has 0 spiro atoms. The molecule has 22 heavy (non-hydrogen) atoms. The highest BCUT2D eigenvalue weighted by atomic mass is 35.5. The molecule has 6 nitrogen and oxygen atoms in total. The monoisotopic (exact) mass is 345 g/mol. The first-order valence-corrected chi connectivity index (χ1v) is 8.92. The van der Waals surface area contributed by atoms with Crippen LogP contribution in [0.2, 0.25) is 5.02 Å². The molecule has 0 aliphatic carbocycles. The van der Waals surface area contributed by atoms with E-state index < -0.39 is 16.1 Å². The van der Waals surface area contributed by atoms with Crippen molar-refractivity contribution in [1.29, 1.82) is 0 Å². The van der Waals surface area contributed by atoms with Crippen LogP contribution in [-0.4, -0.2) is 51.4 Å². The van der Waals surface area contributed by atoms with Crippen LogP contribution >= 0.6 is 11.6 Å². The van der Waals surface area contributed by atoms with E-state index in [1.807, 2.05) is 0 Å². The maximum Gasteiger partial charge on any atom is 0.241 e. The van der Waals surface area contributed by atoms with E-state index in [-0.39, 0.29) is 16.8 Å². The second-order valence-electron chi connectivity index (χ2n) is 5.39. The Bertz CT molecular complexity index is 627. The number of nitrogens with zero attached hydrogens (tertiary/aromatic N) is 1. The van der Waals surface area contributed by atoms with E-state index in [0.29, 0.717) is 5.02 Å². The molecule has 1 aliphatic rings. The summed E-state index contributed by atoms with van der Waals surface area (Å²) in [5.41, 5.74) is 0. The lowest BCUT2D eigenvalue weighted by Crippen LogP contribution is -2.49. The smallest absolute Gasteiger partial charge is 0.241 e. The van der Waals surface area contributed by atoms with E-state index in [0.717, 1.165) is 19.5 Å². The van der Waals surface area contributed by atoms with Crippen molar-refractivity contribution in [2.75, 3.05) is 20.1 Å². The summed E-state index contributed by atoms with van der Waals surface area (Å²) in [7, 11) is -2.05. The fourth-order valence-corrected chi connectivity index (χ4v) is 3.74. The molecule has 2 N–H and O–H groups in total. The van der Waals surface area contributed by atoms with Gasteiger partial charge in [0.2, 0.25) is 15.9 Å². The Morgan fingerprint density at radius 2 is 2.05 bits per heavy atom. The summed E-state index contributed by atoms with van der Waals surface area (Å²) in [6, 6.07) is 5.10. The molecule has 0 bridgehead atoms. The topological polar surface area (TPSA) is 78.5 Å². The Morgan fingerprint density at radius 1 is 1.41 bits per heavy atom. The third-order valence-corrected chi connectivity index (χ3v) is 5.56. The molecule has 0 radical (unpaired) electrons. The molecule has 122 valence electrons. The number of hydrogen-bond donors (Lipinski definition) is 2. The van der Waals surface area contributed by atoms with Gasteiger partial charge in [-0.15, -0.1) is 0 Å². The minimum atomic E-state index is -3.75. The molecule has 2 atom stereocenters. The van der Waals surface area contributed by atoms with Gasteiger partial charge in [-0.1, -0.05) is 11.6 Å². The molecule has 1 aromatic carbocycles. The predicted octanol–water partition coefficient (Wildman–Crippen LogP) is 0.827. The van der Waals surface area contributed by atoms with Gasteiger partial charge in [-0.05, 0) is 44.2 Å². The Labute approximate surface area is 135 Å². The van der Waals surface area contributed by atoms with Crippen LogP contribution < -0.4 is 10.0 Å². The molecule has 1 fully saturated rings. The average Bonchev–Trinajstić information content (AvgIpc) is 2.99. The third-order valence-electron chi connectivity index (χ3n) is 3.76. The second kappa shape index (κ2) is 6.95. The van der Waals surface area contributed by atoms with Gasteiger partial charge >= 0.3 is 0 Å². The van der Waals surface area contributed by atoms with E-state index >= 15 is 0 Å². The lowest BCUT2D eigenvalue weighted by Gasteiger charge is -2.27. The molecule has 1 heterocycles. The van der Waals surface area contributed by atoms with Crippen molar-refractivity contribution in [2.24, 2.45) is 0 Å². The number of carbonyl (C=O) groups excluding carboxylic acids is 1. The van der Waals surface area contributed by atoms with Crippen molar-refractivity contribution in [3.8, 4) is 0 Å². The highest BCUT2D eigenvalue weighted by Gasteiger charge is 2.29. The van der Waals surface area contributed by atoms with Gasteiger partial charge < -0.3 is 10.2 Å². The van der Waals surface area contributed by atoms with Crippen molar-refractivity contribution in [3.05, 3.63) is 29.3 Å². The molecular weight excluding hydrogens is 326 g/mol. The number of rotatable bonds is 5. The van der Waals surface area contributed by atoms with Crippen molar-refractivity contribution >= 4 is 27.5 Å². The van der Waals surface area contributed by atoms with Crippen molar-refractivity contribution in [2.45, 2.75) is 30.3 Å². The number of sulfonamides is 1. The van der Waals surface area contributed by atoms with Crippen LogP contribution in [0.15, 0.2) is 29.2 Å². The second-order valence-corrected chi connectivity index (χ2v) is 7.54. The zero-order valence-corrected chi connectivity index (χ0v) is 14.1. The fourth-order valence-electron chi connectivity index (χ4n) is 2.42. The van der Waals surface area contributed by atoms with Gasteiger partial charge in [0.15, 0.2) is 0 Å². The zero-order chi connectivity index (χ0) is 16.3. The SMILES string of the molecule is CC(NS(=O)(=O)c1ccc(Cl)cc1)C(=O)N(C)C1CCNC1. The van der Waals surface area contributed by atoms with Gasteiger partial charge in [0.25, 0.3) is 0 Å². The van der Waals surface area contributed by atoms with E-state index in [4.69, 9.17) is 11.6 Å². The van der Waals surface area contributed by atoms with Crippen LogP contribution in [0.3, 0.4) is 0 Å². The number of amides is 1. The molecule has 8 heteroatoms. The van der Waals surface area contributed by atoms with E-state index in [1.54, 1.807) is 18.9 Å². The van der Waals surface area contributed by atoms with Crippen molar-refractivity contribution < 1.29 is 13.2 Å². The standard InChI is InChI=1S/C14H20ClN3O3S/c1-10(14(19)18(2)12-7-8-16-9-12)17-22(20,21)13-5-3-11(15)4-6-13/h3-6,10,12,16-17H,7-9H2,1-2H3. The summed E-state index contributed by atoms with van der Waals surface area (Å²) in [5.74, 6) is -0.244. The minimum Gasteiger partial charge on any atom is -0.340 e. The molecule has 1 aromatic rings. The summed E-state index contributed by atoms with van der Waals surface area (Å²) in [5, 5.41) is 3.64. The van der Waals surface area contributed by atoms with Crippen LogP contribution in [0.4, 0.5) is 0 Å². The van der Waals surface area contributed by atoms with Gasteiger partial charge in [-0.2, -0.15) is 4.72 Å². The Morgan fingerprint density at radius 3 is 2.59 bits per heavy atom. The molecule has 2 unspecified atom stereocenters. The van der Waals surface area contributed by atoms with Crippen LogP contribution in [0, 0.1) is 0 Å². The van der Waals surface area contributed by atoms with E-state index in [2.05, 4.69) is 10.0 Å². The first-order chi connectivity index (χ1) is 10.3. The molecular formula is C14H20ClN3O3S. The lowest BCUT2D eigenvalue weighted by molar-refractivity contribution is -0.133. The summed E-state index contributed by atoms with van der Waals surface area (Å²) in [6.45, 7) is 3.15. The molecule has 0 saturated carbocycles. The van der Waals surface area contributed by atoms with Gasteiger partial charge in [0.1, 0.15) is 0 Å². The summed E-state index contributed by atoms with van der Waals surface area (Å²) in [4.78, 5) is 14.0. The van der Waals surface area contributed by atoms with Gasteiger partial charge in [-0.3, -0.25) is 4.79 Å². The van der Waals surface area contributed by atoms with Gasteiger partial charge in [0, 0.05) is 24.7 Å². The number of nitrogens with one attached hydrogen (secondary N) is 2. The van der Waals surface area contributed by atoms with Crippen LogP contribution in [-0.2, 0) is 14.8 Å². The summed E-state index contributed by atoms with van der Waals surface area (Å²) >= 11 is 5.75. The fraction of sp³-hybridized carbons (Fsp3) is 0.500. The third kappa shape index (κ3) is 3.98. The Hall–Kier alpha value is -1.15.